The third kappa shape index (κ3) is 3.95. The first-order chi connectivity index (χ1) is 10.1. The van der Waals surface area contributed by atoms with E-state index in [1.54, 1.807) is 13.0 Å². The van der Waals surface area contributed by atoms with E-state index < -0.39 is 5.97 Å². The van der Waals surface area contributed by atoms with Gasteiger partial charge in [-0.1, -0.05) is 37.3 Å². The van der Waals surface area contributed by atoms with Crippen LogP contribution in [-0.2, 0) is 4.79 Å². The number of amides is 1. The van der Waals surface area contributed by atoms with Crippen molar-refractivity contribution in [2.24, 2.45) is 5.92 Å². The number of furan rings is 1. The largest absolute Gasteiger partial charge is 0.481 e. The quantitative estimate of drug-likeness (QED) is 0.856. The van der Waals surface area contributed by atoms with E-state index in [9.17, 15) is 9.59 Å². The minimum atomic E-state index is -0.875. The molecule has 1 atom stereocenters. The predicted octanol–water partition coefficient (Wildman–Crippen LogP) is 2.79. The third-order valence-electron chi connectivity index (χ3n) is 3.09. The zero-order valence-electron chi connectivity index (χ0n) is 11.7. The lowest BCUT2D eigenvalue weighted by Crippen LogP contribution is -2.29. The van der Waals surface area contributed by atoms with Crippen molar-refractivity contribution in [1.82, 2.24) is 5.32 Å². The average molecular weight is 287 g/mol. The first-order valence-electron chi connectivity index (χ1n) is 6.71. The molecule has 110 valence electrons. The molecule has 5 nitrogen and oxygen atoms in total. The smallest absolute Gasteiger partial charge is 0.303 e. The number of carbonyl (C=O) groups is 2. The molecule has 2 N–H and O–H groups in total. The number of nitrogens with one attached hydrogen (secondary N) is 1. The fourth-order valence-corrected chi connectivity index (χ4v) is 2.05. The first kappa shape index (κ1) is 14.8. The Balaban J connectivity index is 2.04. The van der Waals surface area contributed by atoms with Gasteiger partial charge in [0.2, 0.25) is 0 Å². The van der Waals surface area contributed by atoms with Crippen LogP contribution < -0.4 is 5.32 Å². The van der Waals surface area contributed by atoms with Gasteiger partial charge in [-0.25, -0.2) is 0 Å². The molecule has 0 fully saturated rings. The second-order valence-electron chi connectivity index (χ2n) is 4.94. The van der Waals surface area contributed by atoms with Crippen molar-refractivity contribution >= 4 is 11.9 Å². The van der Waals surface area contributed by atoms with Gasteiger partial charge in [0.25, 0.3) is 5.91 Å². The normalized spacial score (nSPS) is 11.9. The molecule has 0 spiro atoms. The second kappa shape index (κ2) is 6.74. The van der Waals surface area contributed by atoms with Gasteiger partial charge in [0, 0.05) is 18.5 Å². The van der Waals surface area contributed by atoms with Gasteiger partial charge in [0.05, 0.1) is 6.26 Å². The van der Waals surface area contributed by atoms with Gasteiger partial charge in [0.15, 0.2) is 5.76 Å². The molecule has 0 aliphatic carbocycles. The summed E-state index contributed by atoms with van der Waals surface area (Å²) >= 11 is 0. The molecule has 1 amide bonds. The number of aliphatic carboxylic acids is 1. The number of hydrogen-bond donors (Lipinski definition) is 2. The first-order valence-corrected chi connectivity index (χ1v) is 6.71. The standard InChI is InChI=1S/C16H17NO4/c1-11(9-14(18)19)10-17-16(20)15-13(7-8-21-15)12-5-3-2-4-6-12/h2-8,11H,9-10H2,1H3,(H,17,20)(H,18,19). The van der Waals surface area contributed by atoms with Gasteiger partial charge in [-0.05, 0) is 17.5 Å². The Morgan fingerprint density at radius 3 is 2.62 bits per heavy atom. The van der Waals surface area contributed by atoms with Crippen LogP contribution in [0.5, 0.6) is 0 Å². The van der Waals surface area contributed by atoms with Crippen molar-refractivity contribution in [3.05, 3.63) is 48.4 Å². The molecule has 0 aliphatic heterocycles. The van der Waals surface area contributed by atoms with Crippen LogP contribution in [0.15, 0.2) is 47.1 Å². The van der Waals surface area contributed by atoms with Crippen molar-refractivity contribution in [3.8, 4) is 11.1 Å². The lowest BCUT2D eigenvalue weighted by atomic mass is 10.1. The Bertz CT molecular complexity index is 618. The lowest BCUT2D eigenvalue weighted by molar-refractivity contribution is -0.137. The van der Waals surface area contributed by atoms with Crippen LogP contribution in [0, 0.1) is 5.92 Å². The summed E-state index contributed by atoms with van der Waals surface area (Å²) in [6.45, 7) is 2.06. The van der Waals surface area contributed by atoms with E-state index in [1.165, 1.54) is 6.26 Å². The van der Waals surface area contributed by atoms with Crippen LogP contribution in [0.2, 0.25) is 0 Å². The number of benzene rings is 1. The highest BCUT2D eigenvalue weighted by Crippen LogP contribution is 2.24. The molecule has 1 aromatic carbocycles. The van der Waals surface area contributed by atoms with Crippen molar-refractivity contribution in [2.75, 3.05) is 6.54 Å². The van der Waals surface area contributed by atoms with Crippen LogP contribution in [0.3, 0.4) is 0 Å². The highest BCUT2D eigenvalue weighted by atomic mass is 16.4. The van der Waals surface area contributed by atoms with E-state index in [1.807, 2.05) is 30.3 Å². The number of carboxylic acids is 1. The highest BCUT2D eigenvalue weighted by molar-refractivity contribution is 5.98. The van der Waals surface area contributed by atoms with Gasteiger partial charge in [-0.2, -0.15) is 0 Å². The Kier molecular flexibility index (Phi) is 4.77. The lowest BCUT2D eigenvalue weighted by Gasteiger charge is -2.10. The van der Waals surface area contributed by atoms with E-state index in [0.717, 1.165) is 11.1 Å². The minimum absolute atomic E-state index is 0.0178. The predicted molar refractivity (Wildman–Crippen MR) is 77.9 cm³/mol. The van der Waals surface area contributed by atoms with E-state index in [4.69, 9.17) is 9.52 Å². The van der Waals surface area contributed by atoms with Crippen LogP contribution >= 0.6 is 0 Å². The average Bonchev–Trinajstić information content (AvgIpc) is 2.94. The summed E-state index contributed by atoms with van der Waals surface area (Å²) in [6, 6.07) is 11.2. The number of hydrogen-bond acceptors (Lipinski definition) is 3. The minimum Gasteiger partial charge on any atom is -0.481 e. The van der Waals surface area contributed by atoms with E-state index in [0.29, 0.717) is 6.54 Å². The summed E-state index contributed by atoms with van der Waals surface area (Å²) in [5.74, 6) is -1.11. The van der Waals surface area contributed by atoms with Crippen molar-refractivity contribution < 1.29 is 19.1 Å². The molecule has 21 heavy (non-hydrogen) atoms. The summed E-state index contributed by atoms with van der Waals surface area (Å²) < 4.78 is 5.27. The summed E-state index contributed by atoms with van der Waals surface area (Å²) in [5, 5.41) is 11.4. The Labute approximate surface area is 122 Å². The Morgan fingerprint density at radius 2 is 1.95 bits per heavy atom. The van der Waals surface area contributed by atoms with E-state index >= 15 is 0 Å². The summed E-state index contributed by atoms with van der Waals surface area (Å²) in [4.78, 5) is 22.7. The second-order valence-corrected chi connectivity index (χ2v) is 4.94. The van der Waals surface area contributed by atoms with Crippen molar-refractivity contribution in [2.45, 2.75) is 13.3 Å². The molecule has 1 unspecified atom stereocenters. The maximum atomic E-state index is 12.1. The van der Waals surface area contributed by atoms with Gasteiger partial charge in [-0.15, -0.1) is 0 Å². The molecule has 0 saturated carbocycles. The highest BCUT2D eigenvalue weighted by Gasteiger charge is 2.17. The molecule has 1 aromatic heterocycles. The molecule has 0 bridgehead atoms. The number of rotatable bonds is 6. The zero-order valence-corrected chi connectivity index (χ0v) is 11.7. The molecule has 2 rings (SSSR count). The topological polar surface area (TPSA) is 79.5 Å². The van der Waals surface area contributed by atoms with E-state index in [-0.39, 0.29) is 24.0 Å². The van der Waals surface area contributed by atoms with Crippen molar-refractivity contribution in [3.63, 3.8) is 0 Å². The fraction of sp³-hybridized carbons (Fsp3) is 0.250. The summed E-state index contributed by atoms with van der Waals surface area (Å²) in [7, 11) is 0. The van der Waals surface area contributed by atoms with Crippen LogP contribution in [0.1, 0.15) is 23.9 Å². The third-order valence-corrected chi connectivity index (χ3v) is 3.09. The fourth-order valence-electron chi connectivity index (χ4n) is 2.05. The maximum absolute atomic E-state index is 12.1. The Morgan fingerprint density at radius 1 is 1.24 bits per heavy atom. The molecular weight excluding hydrogens is 270 g/mol. The number of carbonyl (C=O) groups excluding carboxylic acids is 1. The summed E-state index contributed by atoms with van der Waals surface area (Å²) in [6.07, 6.45) is 1.49. The molecular formula is C16H17NO4. The molecule has 0 saturated heterocycles. The molecule has 1 heterocycles. The van der Waals surface area contributed by atoms with Crippen molar-refractivity contribution in [1.29, 1.82) is 0 Å². The summed E-state index contributed by atoms with van der Waals surface area (Å²) in [5.41, 5.74) is 1.62. The van der Waals surface area contributed by atoms with Crippen LogP contribution in [0.25, 0.3) is 11.1 Å². The van der Waals surface area contributed by atoms with Gasteiger partial charge in [0.1, 0.15) is 0 Å². The Hall–Kier alpha value is -2.56. The van der Waals surface area contributed by atoms with Gasteiger partial charge >= 0.3 is 5.97 Å². The SMILES string of the molecule is CC(CNC(=O)c1occc1-c1ccccc1)CC(=O)O. The molecule has 0 aliphatic rings. The van der Waals surface area contributed by atoms with Crippen LogP contribution in [0.4, 0.5) is 0 Å². The zero-order chi connectivity index (χ0) is 15.2. The van der Waals surface area contributed by atoms with Crippen LogP contribution in [-0.4, -0.2) is 23.5 Å². The molecule has 5 heteroatoms. The maximum Gasteiger partial charge on any atom is 0.303 e. The van der Waals surface area contributed by atoms with Gasteiger partial charge < -0.3 is 14.8 Å². The molecule has 2 aromatic rings. The molecule has 0 radical (unpaired) electrons. The van der Waals surface area contributed by atoms with Gasteiger partial charge in [-0.3, -0.25) is 9.59 Å². The van der Waals surface area contributed by atoms with E-state index in [2.05, 4.69) is 5.32 Å². The monoisotopic (exact) mass is 287 g/mol. The number of carboxylic acid groups (broad SMARTS) is 1.